The second kappa shape index (κ2) is 6.20. The Kier molecular flexibility index (Phi) is 4.08. The largest absolute Gasteiger partial charge is 0.497 e. The monoisotopic (exact) mass is 323 g/mol. The molecule has 0 saturated carbocycles. The molecule has 5 nitrogen and oxygen atoms in total. The van der Waals surface area contributed by atoms with Crippen LogP contribution >= 0.6 is 0 Å². The smallest absolute Gasteiger partial charge is 0.308 e. The first-order chi connectivity index (χ1) is 11.5. The van der Waals surface area contributed by atoms with Crippen molar-refractivity contribution in [3.8, 4) is 11.5 Å². The molecule has 0 amide bonds. The van der Waals surface area contributed by atoms with Crippen LogP contribution in [0.5, 0.6) is 11.5 Å². The number of ether oxygens (including phenoxy) is 2. The highest BCUT2D eigenvalue weighted by Gasteiger charge is 2.22. The van der Waals surface area contributed by atoms with Gasteiger partial charge in [-0.2, -0.15) is 0 Å². The summed E-state index contributed by atoms with van der Waals surface area (Å²) < 4.78 is 10.5. The van der Waals surface area contributed by atoms with Crippen LogP contribution < -0.4 is 9.47 Å². The van der Waals surface area contributed by atoms with Gasteiger partial charge in [0.2, 0.25) is 5.78 Å². The molecule has 1 N–H and O–H groups in total. The molecule has 0 bridgehead atoms. The minimum absolute atomic E-state index is 0.225. The van der Waals surface area contributed by atoms with Gasteiger partial charge in [0.25, 0.3) is 0 Å². The first-order valence-corrected chi connectivity index (χ1v) is 7.49. The highest BCUT2D eigenvalue weighted by molar-refractivity contribution is 6.13. The van der Waals surface area contributed by atoms with E-state index in [0.717, 1.165) is 5.56 Å². The molecule has 3 rings (SSSR count). The number of nitrogens with one attached hydrogen (secondary N) is 1. The van der Waals surface area contributed by atoms with E-state index in [1.54, 1.807) is 37.4 Å². The van der Waals surface area contributed by atoms with Gasteiger partial charge in [-0.15, -0.1) is 0 Å². The molecular weight excluding hydrogens is 306 g/mol. The number of rotatable bonds is 4. The molecule has 0 aliphatic carbocycles. The fraction of sp³-hybridized carbons (Fsp3) is 0.158. The molecular formula is C19H17NO4. The van der Waals surface area contributed by atoms with Gasteiger partial charge in [0.1, 0.15) is 11.4 Å². The lowest BCUT2D eigenvalue weighted by Gasteiger charge is -2.05. The van der Waals surface area contributed by atoms with Gasteiger partial charge >= 0.3 is 5.97 Å². The van der Waals surface area contributed by atoms with E-state index in [2.05, 4.69) is 4.98 Å². The Morgan fingerprint density at radius 1 is 1.08 bits per heavy atom. The molecule has 2 aromatic carbocycles. The van der Waals surface area contributed by atoms with E-state index in [4.69, 9.17) is 9.47 Å². The van der Waals surface area contributed by atoms with E-state index in [-0.39, 0.29) is 17.2 Å². The van der Waals surface area contributed by atoms with E-state index >= 15 is 0 Å². The number of methoxy groups -OCH3 is 1. The standard InChI is InChI=1S/C19H17NO4/c1-11-5-4-6-13(9-11)18(22)17-19(24-12(2)21)15-10-14(23-3)7-8-16(15)20-17/h4-10,20H,1-3H3. The Hall–Kier alpha value is -3.08. The first kappa shape index (κ1) is 15.8. The van der Waals surface area contributed by atoms with E-state index in [0.29, 0.717) is 22.2 Å². The first-order valence-electron chi connectivity index (χ1n) is 7.49. The number of aryl methyl sites for hydroxylation is 1. The maximum Gasteiger partial charge on any atom is 0.308 e. The van der Waals surface area contributed by atoms with Crippen molar-refractivity contribution in [1.82, 2.24) is 4.98 Å². The van der Waals surface area contributed by atoms with Crippen LogP contribution in [0.4, 0.5) is 0 Å². The summed E-state index contributed by atoms with van der Waals surface area (Å²) in [5.41, 5.74) is 2.46. The summed E-state index contributed by atoms with van der Waals surface area (Å²) in [7, 11) is 1.55. The van der Waals surface area contributed by atoms with Gasteiger partial charge in [-0.3, -0.25) is 9.59 Å². The number of aromatic nitrogens is 1. The van der Waals surface area contributed by atoms with Gasteiger partial charge < -0.3 is 14.5 Å². The molecule has 0 spiro atoms. The number of aromatic amines is 1. The van der Waals surface area contributed by atoms with Crippen molar-refractivity contribution in [2.45, 2.75) is 13.8 Å². The molecule has 5 heteroatoms. The molecule has 3 aromatic rings. The molecule has 122 valence electrons. The average Bonchev–Trinajstić information content (AvgIpc) is 2.91. The summed E-state index contributed by atoms with van der Waals surface area (Å²) in [5.74, 6) is 0.120. The Labute approximate surface area is 139 Å². The third-order valence-electron chi connectivity index (χ3n) is 3.71. The van der Waals surface area contributed by atoms with Crippen LogP contribution in [-0.4, -0.2) is 23.8 Å². The number of fused-ring (bicyclic) bond motifs is 1. The molecule has 0 unspecified atom stereocenters. The number of esters is 1. The highest BCUT2D eigenvalue weighted by Crippen LogP contribution is 2.34. The fourth-order valence-corrected chi connectivity index (χ4v) is 2.61. The highest BCUT2D eigenvalue weighted by atomic mass is 16.5. The Balaban J connectivity index is 2.19. The molecule has 24 heavy (non-hydrogen) atoms. The van der Waals surface area contributed by atoms with Gasteiger partial charge in [-0.1, -0.05) is 23.8 Å². The van der Waals surface area contributed by atoms with Gasteiger partial charge in [-0.05, 0) is 31.2 Å². The number of benzene rings is 2. The maximum absolute atomic E-state index is 12.9. The van der Waals surface area contributed by atoms with E-state index in [9.17, 15) is 9.59 Å². The summed E-state index contributed by atoms with van der Waals surface area (Å²) in [4.78, 5) is 27.4. The van der Waals surface area contributed by atoms with Crippen LogP contribution in [0.2, 0.25) is 0 Å². The SMILES string of the molecule is COc1ccc2[nH]c(C(=O)c3cccc(C)c3)c(OC(C)=O)c2c1. The van der Waals surface area contributed by atoms with Crippen molar-refractivity contribution in [3.05, 3.63) is 59.3 Å². The van der Waals surface area contributed by atoms with Crippen molar-refractivity contribution < 1.29 is 19.1 Å². The Bertz CT molecular complexity index is 940. The Morgan fingerprint density at radius 3 is 2.54 bits per heavy atom. The van der Waals surface area contributed by atoms with Crippen LogP contribution in [0.3, 0.4) is 0 Å². The molecule has 0 saturated heterocycles. The molecule has 0 aliphatic rings. The quantitative estimate of drug-likeness (QED) is 0.588. The minimum atomic E-state index is -0.489. The van der Waals surface area contributed by atoms with Crippen molar-refractivity contribution in [1.29, 1.82) is 0 Å². The summed E-state index contributed by atoms with van der Waals surface area (Å²) in [5, 5.41) is 0.626. The molecule has 0 aliphatic heterocycles. The molecule has 0 fully saturated rings. The Morgan fingerprint density at radius 2 is 1.88 bits per heavy atom. The molecule has 0 radical (unpaired) electrons. The summed E-state index contributed by atoms with van der Waals surface area (Å²) in [6, 6.07) is 12.6. The number of ketones is 1. The van der Waals surface area contributed by atoms with Gasteiger partial charge in [-0.25, -0.2) is 0 Å². The third-order valence-corrected chi connectivity index (χ3v) is 3.71. The lowest BCUT2D eigenvalue weighted by molar-refractivity contribution is -0.131. The van der Waals surface area contributed by atoms with E-state index in [1.807, 2.05) is 19.1 Å². The van der Waals surface area contributed by atoms with E-state index < -0.39 is 5.97 Å². The summed E-state index contributed by atoms with van der Waals surface area (Å²) >= 11 is 0. The molecule has 1 heterocycles. The minimum Gasteiger partial charge on any atom is -0.497 e. The number of carbonyl (C=O) groups excluding carboxylic acids is 2. The van der Waals surface area contributed by atoms with Gasteiger partial charge in [0.05, 0.1) is 12.6 Å². The van der Waals surface area contributed by atoms with Crippen molar-refractivity contribution >= 4 is 22.7 Å². The van der Waals surface area contributed by atoms with Crippen LogP contribution in [0, 0.1) is 6.92 Å². The number of carbonyl (C=O) groups is 2. The topological polar surface area (TPSA) is 68.4 Å². The lowest BCUT2D eigenvalue weighted by atomic mass is 10.1. The van der Waals surface area contributed by atoms with Crippen molar-refractivity contribution in [2.24, 2.45) is 0 Å². The van der Waals surface area contributed by atoms with Crippen LogP contribution in [0.25, 0.3) is 10.9 Å². The van der Waals surface area contributed by atoms with E-state index in [1.165, 1.54) is 6.92 Å². The zero-order valence-corrected chi connectivity index (χ0v) is 13.7. The summed E-state index contributed by atoms with van der Waals surface area (Å²) in [6.07, 6.45) is 0. The second-order valence-electron chi connectivity index (χ2n) is 5.53. The van der Waals surface area contributed by atoms with Crippen LogP contribution in [0.15, 0.2) is 42.5 Å². The van der Waals surface area contributed by atoms with Crippen molar-refractivity contribution in [2.75, 3.05) is 7.11 Å². The lowest BCUT2D eigenvalue weighted by Crippen LogP contribution is -2.08. The zero-order valence-electron chi connectivity index (χ0n) is 13.7. The maximum atomic E-state index is 12.9. The fourth-order valence-electron chi connectivity index (χ4n) is 2.61. The number of H-pyrrole nitrogens is 1. The van der Waals surface area contributed by atoms with Crippen LogP contribution in [0.1, 0.15) is 28.5 Å². The average molecular weight is 323 g/mol. The van der Waals surface area contributed by atoms with Gasteiger partial charge in [0, 0.05) is 17.9 Å². The second-order valence-corrected chi connectivity index (χ2v) is 5.53. The van der Waals surface area contributed by atoms with Crippen molar-refractivity contribution in [3.63, 3.8) is 0 Å². The number of hydrogen-bond donors (Lipinski definition) is 1. The predicted molar refractivity (Wildman–Crippen MR) is 90.8 cm³/mol. The third kappa shape index (κ3) is 2.88. The molecule has 0 atom stereocenters. The van der Waals surface area contributed by atoms with Gasteiger partial charge in [0.15, 0.2) is 5.75 Å². The normalized spacial score (nSPS) is 10.6. The predicted octanol–water partition coefficient (Wildman–Crippen LogP) is 3.64. The summed E-state index contributed by atoms with van der Waals surface area (Å²) in [6.45, 7) is 3.22. The number of hydrogen-bond acceptors (Lipinski definition) is 4. The zero-order chi connectivity index (χ0) is 17.3. The molecule has 1 aromatic heterocycles. The van der Waals surface area contributed by atoms with Crippen LogP contribution in [-0.2, 0) is 4.79 Å².